The van der Waals surface area contributed by atoms with Gasteiger partial charge in [0, 0.05) is 41.1 Å². The summed E-state index contributed by atoms with van der Waals surface area (Å²) in [6.45, 7) is 4.22. The number of methoxy groups -OCH3 is 1. The first-order chi connectivity index (χ1) is 16.4. The molecule has 0 fully saturated rings. The summed E-state index contributed by atoms with van der Waals surface area (Å²) in [6, 6.07) is 16.6. The van der Waals surface area contributed by atoms with Crippen LogP contribution in [0.2, 0.25) is 0 Å². The van der Waals surface area contributed by atoms with Crippen LogP contribution >= 0.6 is 0 Å². The Morgan fingerprint density at radius 2 is 1.76 bits per heavy atom. The van der Waals surface area contributed by atoms with E-state index in [2.05, 4.69) is 34.0 Å². The fourth-order valence-electron chi connectivity index (χ4n) is 3.77. The Morgan fingerprint density at radius 3 is 2.41 bits per heavy atom. The van der Waals surface area contributed by atoms with Crippen molar-refractivity contribution in [3.63, 3.8) is 0 Å². The fraction of sp³-hybridized carbons (Fsp3) is 0.192. The van der Waals surface area contributed by atoms with Gasteiger partial charge in [0.05, 0.1) is 12.7 Å². The van der Waals surface area contributed by atoms with Crippen molar-refractivity contribution in [3.8, 4) is 5.75 Å². The van der Waals surface area contributed by atoms with Gasteiger partial charge in [0.15, 0.2) is 0 Å². The summed E-state index contributed by atoms with van der Waals surface area (Å²) in [7, 11) is 1.56. The number of anilines is 1. The minimum atomic E-state index is -0.971. The minimum Gasteiger partial charge on any atom is -0.497 e. The van der Waals surface area contributed by atoms with Crippen LogP contribution in [0.5, 0.6) is 5.75 Å². The number of carbonyl (C=O) groups excluding carboxylic acids is 2. The molecule has 0 radical (unpaired) electrons. The molecule has 0 saturated carbocycles. The second-order valence-electron chi connectivity index (χ2n) is 8.20. The lowest BCUT2D eigenvalue weighted by Gasteiger charge is -2.19. The summed E-state index contributed by atoms with van der Waals surface area (Å²) < 4.78 is 7.36. The number of carbonyl (C=O) groups is 2. The number of fused-ring (bicyclic) bond motifs is 1. The molecule has 2 amide bonds. The Bertz CT molecular complexity index is 1370. The van der Waals surface area contributed by atoms with Gasteiger partial charge in [0.25, 0.3) is 11.8 Å². The van der Waals surface area contributed by atoms with Crippen LogP contribution in [-0.2, 0) is 4.79 Å². The van der Waals surface area contributed by atoms with Crippen molar-refractivity contribution in [2.75, 3.05) is 12.4 Å². The average Bonchev–Trinajstić information content (AvgIpc) is 3.26. The SMILES string of the molecule is COc1ccc(C(NC(=O)c2ccc(=O)[nH]c2)C(=O)Nc2ccc3c(ccn3C(C)C)c2)cc1. The van der Waals surface area contributed by atoms with Gasteiger partial charge in [-0.1, -0.05) is 12.1 Å². The van der Waals surface area contributed by atoms with Gasteiger partial charge in [-0.2, -0.15) is 0 Å². The fourth-order valence-corrected chi connectivity index (χ4v) is 3.77. The van der Waals surface area contributed by atoms with Crippen molar-refractivity contribution in [2.45, 2.75) is 25.9 Å². The van der Waals surface area contributed by atoms with Crippen LogP contribution in [-0.4, -0.2) is 28.5 Å². The Morgan fingerprint density at radius 1 is 1.00 bits per heavy atom. The second-order valence-corrected chi connectivity index (χ2v) is 8.20. The third kappa shape index (κ3) is 4.85. The lowest BCUT2D eigenvalue weighted by Crippen LogP contribution is -2.37. The summed E-state index contributed by atoms with van der Waals surface area (Å²) in [5, 5.41) is 6.68. The predicted octanol–water partition coefficient (Wildman–Crippen LogP) is 4.03. The van der Waals surface area contributed by atoms with Gasteiger partial charge in [-0.15, -0.1) is 0 Å². The number of ether oxygens (including phenoxy) is 1. The molecule has 2 aromatic carbocycles. The molecule has 1 atom stereocenters. The molecule has 8 nitrogen and oxygen atoms in total. The van der Waals surface area contributed by atoms with Gasteiger partial charge in [-0.25, -0.2) is 0 Å². The third-order valence-corrected chi connectivity index (χ3v) is 5.58. The van der Waals surface area contributed by atoms with E-state index in [0.29, 0.717) is 23.0 Å². The number of amides is 2. The Labute approximate surface area is 196 Å². The number of nitrogens with one attached hydrogen (secondary N) is 3. The van der Waals surface area contributed by atoms with Gasteiger partial charge in [0.1, 0.15) is 11.8 Å². The van der Waals surface area contributed by atoms with E-state index in [-0.39, 0.29) is 11.1 Å². The summed E-state index contributed by atoms with van der Waals surface area (Å²) in [5.74, 6) is -0.253. The maximum absolute atomic E-state index is 13.3. The second kappa shape index (κ2) is 9.66. The molecule has 0 aliphatic heterocycles. The maximum Gasteiger partial charge on any atom is 0.253 e. The molecule has 8 heteroatoms. The summed E-state index contributed by atoms with van der Waals surface area (Å²) in [6.07, 6.45) is 3.33. The molecule has 2 heterocycles. The number of aromatic amines is 1. The van der Waals surface area contributed by atoms with Gasteiger partial charge in [-0.3, -0.25) is 14.4 Å². The van der Waals surface area contributed by atoms with Crippen molar-refractivity contribution < 1.29 is 14.3 Å². The third-order valence-electron chi connectivity index (χ3n) is 5.58. The molecule has 174 valence electrons. The lowest BCUT2D eigenvalue weighted by molar-refractivity contribution is -0.118. The quantitative estimate of drug-likeness (QED) is 0.389. The largest absolute Gasteiger partial charge is 0.497 e. The van der Waals surface area contributed by atoms with E-state index in [1.165, 1.54) is 18.3 Å². The smallest absolute Gasteiger partial charge is 0.253 e. The first kappa shape index (κ1) is 22.8. The van der Waals surface area contributed by atoms with Crippen molar-refractivity contribution >= 4 is 28.4 Å². The standard InChI is InChI=1S/C26H26N4O4/c1-16(2)30-13-12-18-14-20(7-10-22(18)30)28-26(33)24(17-4-8-21(34-3)9-5-17)29-25(32)19-6-11-23(31)27-15-19/h4-16,24H,1-3H3,(H,27,31)(H,28,33)(H,29,32). The van der Waals surface area contributed by atoms with Crippen molar-refractivity contribution in [3.05, 3.63) is 94.5 Å². The van der Waals surface area contributed by atoms with Crippen LogP contribution < -0.4 is 20.9 Å². The van der Waals surface area contributed by atoms with E-state index in [4.69, 9.17) is 4.74 Å². The normalized spacial score (nSPS) is 11.9. The Kier molecular flexibility index (Phi) is 6.49. The number of nitrogens with zero attached hydrogens (tertiary/aromatic N) is 1. The van der Waals surface area contributed by atoms with E-state index >= 15 is 0 Å². The van der Waals surface area contributed by atoms with Gasteiger partial charge >= 0.3 is 0 Å². The molecule has 0 bridgehead atoms. The monoisotopic (exact) mass is 458 g/mol. The van der Waals surface area contributed by atoms with E-state index in [0.717, 1.165) is 10.9 Å². The molecular formula is C26H26N4O4. The Hall–Kier alpha value is -4.33. The molecule has 1 unspecified atom stereocenters. The maximum atomic E-state index is 13.3. The highest BCUT2D eigenvalue weighted by atomic mass is 16.5. The topological polar surface area (TPSA) is 105 Å². The number of pyridine rings is 1. The van der Waals surface area contributed by atoms with Gasteiger partial charge < -0.3 is 24.9 Å². The van der Waals surface area contributed by atoms with Crippen LogP contribution in [0.3, 0.4) is 0 Å². The van der Waals surface area contributed by atoms with Crippen LogP contribution in [0.1, 0.15) is 41.9 Å². The van der Waals surface area contributed by atoms with E-state index in [1.807, 2.05) is 30.5 Å². The van der Waals surface area contributed by atoms with Gasteiger partial charge in [0.2, 0.25) is 5.56 Å². The molecule has 3 N–H and O–H groups in total. The zero-order chi connectivity index (χ0) is 24.2. The molecule has 0 spiro atoms. The number of hydrogen-bond donors (Lipinski definition) is 3. The van der Waals surface area contributed by atoms with Crippen LogP contribution in [0.15, 0.2) is 77.9 Å². The minimum absolute atomic E-state index is 0.238. The van der Waals surface area contributed by atoms with E-state index < -0.39 is 17.9 Å². The molecule has 4 aromatic rings. The predicted molar refractivity (Wildman–Crippen MR) is 131 cm³/mol. The average molecular weight is 459 g/mol. The highest BCUT2D eigenvalue weighted by molar-refractivity contribution is 6.02. The number of H-pyrrole nitrogens is 1. The number of aromatic nitrogens is 2. The first-order valence-corrected chi connectivity index (χ1v) is 10.9. The molecule has 4 rings (SSSR count). The van der Waals surface area contributed by atoms with Crippen LogP contribution in [0, 0.1) is 0 Å². The van der Waals surface area contributed by atoms with E-state index in [1.54, 1.807) is 31.4 Å². The Balaban J connectivity index is 1.61. The highest BCUT2D eigenvalue weighted by Crippen LogP contribution is 2.25. The summed E-state index contributed by atoms with van der Waals surface area (Å²) in [4.78, 5) is 39.9. The van der Waals surface area contributed by atoms with E-state index in [9.17, 15) is 14.4 Å². The highest BCUT2D eigenvalue weighted by Gasteiger charge is 2.24. The molecule has 0 aliphatic carbocycles. The zero-order valence-corrected chi connectivity index (χ0v) is 19.2. The first-order valence-electron chi connectivity index (χ1n) is 10.9. The molecule has 0 aliphatic rings. The molecule has 2 aromatic heterocycles. The van der Waals surface area contributed by atoms with Gasteiger partial charge in [-0.05, 0) is 61.9 Å². The summed E-state index contributed by atoms with van der Waals surface area (Å²) in [5.41, 5.74) is 2.20. The molecule has 34 heavy (non-hydrogen) atoms. The summed E-state index contributed by atoms with van der Waals surface area (Å²) >= 11 is 0. The lowest BCUT2D eigenvalue weighted by atomic mass is 10.0. The van der Waals surface area contributed by atoms with Crippen molar-refractivity contribution in [2.24, 2.45) is 0 Å². The van der Waals surface area contributed by atoms with Crippen molar-refractivity contribution in [1.82, 2.24) is 14.9 Å². The van der Waals surface area contributed by atoms with Crippen LogP contribution in [0.4, 0.5) is 5.69 Å². The van der Waals surface area contributed by atoms with Crippen LogP contribution in [0.25, 0.3) is 10.9 Å². The van der Waals surface area contributed by atoms with Crippen molar-refractivity contribution in [1.29, 1.82) is 0 Å². The molecular weight excluding hydrogens is 432 g/mol. The molecule has 0 saturated heterocycles. The number of hydrogen-bond acceptors (Lipinski definition) is 4. The zero-order valence-electron chi connectivity index (χ0n) is 19.2. The number of benzene rings is 2. The number of rotatable bonds is 7.